The molecule has 4 rings (SSSR count). The van der Waals surface area contributed by atoms with Crippen LogP contribution in [0, 0.1) is 0 Å². The second kappa shape index (κ2) is 7.98. The fourth-order valence-electron chi connectivity index (χ4n) is 3.01. The summed E-state index contributed by atoms with van der Waals surface area (Å²) in [5.41, 5.74) is 0.580. The molecular weight excluding hydrogens is 428 g/mol. The van der Waals surface area contributed by atoms with Gasteiger partial charge in [0.25, 0.3) is 0 Å². The summed E-state index contributed by atoms with van der Waals surface area (Å²) in [6.07, 6.45) is 4.06. The van der Waals surface area contributed by atoms with E-state index in [1.165, 1.54) is 20.9 Å². The zero-order valence-electron chi connectivity index (χ0n) is 16.2. The largest absolute Gasteiger partial charge is 0.276 e. The van der Waals surface area contributed by atoms with E-state index in [4.69, 9.17) is 0 Å². The number of sulfonamides is 1. The van der Waals surface area contributed by atoms with Crippen molar-refractivity contribution in [3.05, 3.63) is 35.6 Å². The molecular formula is C18H20N6O2S3. The van der Waals surface area contributed by atoms with Crippen LogP contribution in [-0.2, 0) is 16.4 Å². The van der Waals surface area contributed by atoms with Gasteiger partial charge in [-0.3, -0.25) is 4.40 Å². The number of nitrogens with zero attached hydrogens (tertiary/aromatic N) is 6. The third-order valence-corrected chi connectivity index (χ3v) is 8.77. The average Bonchev–Trinajstić information content (AvgIpc) is 3.33. The monoisotopic (exact) mass is 448 g/mol. The van der Waals surface area contributed by atoms with Crippen LogP contribution in [0.2, 0.25) is 0 Å². The Balaban J connectivity index is 1.77. The molecule has 29 heavy (non-hydrogen) atoms. The van der Waals surface area contributed by atoms with E-state index in [0.717, 1.165) is 21.7 Å². The van der Waals surface area contributed by atoms with Gasteiger partial charge in [0.2, 0.25) is 15.2 Å². The molecule has 0 aliphatic heterocycles. The molecule has 0 saturated carbocycles. The highest BCUT2D eigenvalue weighted by molar-refractivity contribution is 7.99. The van der Waals surface area contributed by atoms with Gasteiger partial charge in [0.15, 0.2) is 5.65 Å². The van der Waals surface area contributed by atoms with Crippen molar-refractivity contribution in [3.8, 4) is 0 Å². The lowest BCUT2D eigenvalue weighted by atomic mass is 10.3. The van der Waals surface area contributed by atoms with Crippen molar-refractivity contribution in [2.45, 2.75) is 42.3 Å². The first-order valence-corrected chi connectivity index (χ1v) is 12.3. The molecule has 0 amide bonds. The maximum atomic E-state index is 12.9. The average molecular weight is 449 g/mol. The van der Waals surface area contributed by atoms with Crippen LogP contribution in [-0.4, -0.2) is 50.4 Å². The first-order valence-electron chi connectivity index (χ1n) is 9.24. The minimum atomic E-state index is -3.57. The third-order valence-electron chi connectivity index (χ3n) is 4.57. The Morgan fingerprint density at radius 1 is 1.14 bits per heavy atom. The molecule has 0 unspecified atom stereocenters. The van der Waals surface area contributed by atoms with Crippen LogP contribution in [0.15, 0.2) is 45.8 Å². The van der Waals surface area contributed by atoms with E-state index < -0.39 is 10.0 Å². The van der Waals surface area contributed by atoms with Crippen molar-refractivity contribution in [1.29, 1.82) is 0 Å². The van der Waals surface area contributed by atoms with Crippen LogP contribution < -0.4 is 0 Å². The van der Waals surface area contributed by atoms with Gasteiger partial charge in [0.1, 0.15) is 16.2 Å². The molecule has 0 N–H and O–H groups in total. The summed E-state index contributed by atoms with van der Waals surface area (Å²) in [5, 5.41) is 10.7. The van der Waals surface area contributed by atoms with Gasteiger partial charge in [0.05, 0.1) is 4.90 Å². The Labute approximate surface area is 177 Å². The predicted octanol–water partition coefficient (Wildman–Crippen LogP) is 3.48. The first-order chi connectivity index (χ1) is 14.0. The number of hydrogen-bond acceptors (Lipinski definition) is 8. The number of aryl methyl sites for hydroxylation is 1. The first kappa shape index (κ1) is 20.2. The van der Waals surface area contributed by atoms with E-state index >= 15 is 0 Å². The number of thiophene rings is 1. The van der Waals surface area contributed by atoms with Crippen LogP contribution >= 0.6 is 23.1 Å². The molecule has 0 aliphatic carbocycles. The van der Waals surface area contributed by atoms with Crippen molar-refractivity contribution < 1.29 is 8.42 Å². The highest BCUT2D eigenvalue weighted by atomic mass is 32.2. The van der Waals surface area contributed by atoms with E-state index in [1.807, 2.05) is 13.8 Å². The normalized spacial score (nSPS) is 12.4. The summed E-state index contributed by atoms with van der Waals surface area (Å²) in [5.74, 6) is 0. The molecule has 0 atom stereocenters. The Morgan fingerprint density at radius 2 is 1.93 bits per heavy atom. The molecule has 8 nitrogen and oxygen atoms in total. The number of pyridine rings is 1. The molecule has 0 aliphatic rings. The van der Waals surface area contributed by atoms with Gasteiger partial charge < -0.3 is 0 Å². The lowest BCUT2D eigenvalue weighted by molar-refractivity contribution is 0.445. The fourth-order valence-corrected chi connectivity index (χ4v) is 6.33. The van der Waals surface area contributed by atoms with Crippen LogP contribution in [0.1, 0.15) is 25.6 Å². The van der Waals surface area contributed by atoms with Gasteiger partial charge in [-0.05, 0) is 36.4 Å². The quantitative estimate of drug-likeness (QED) is 0.400. The third kappa shape index (κ3) is 3.63. The van der Waals surface area contributed by atoms with E-state index in [0.29, 0.717) is 23.9 Å². The van der Waals surface area contributed by atoms with Crippen molar-refractivity contribution in [2.75, 3.05) is 13.1 Å². The SMILES string of the molecule is CCc1cc2c(Sc3nnc4ccc(S(=O)(=O)N(CC)CC)cn34)ncnc2s1. The molecule has 4 heterocycles. The molecule has 4 aromatic heterocycles. The van der Waals surface area contributed by atoms with Gasteiger partial charge in [-0.25, -0.2) is 18.4 Å². The lowest BCUT2D eigenvalue weighted by Gasteiger charge is -2.18. The summed E-state index contributed by atoms with van der Waals surface area (Å²) < 4.78 is 28.9. The number of hydrogen-bond donors (Lipinski definition) is 0. The van der Waals surface area contributed by atoms with Crippen LogP contribution in [0.25, 0.3) is 15.9 Å². The maximum Gasteiger partial charge on any atom is 0.244 e. The summed E-state index contributed by atoms with van der Waals surface area (Å²) in [7, 11) is -3.57. The molecule has 0 spiro atoms. The summed E-state index contributed by atoms with van der Waals surface area (Å²) >= 11 is 3.00. The zero-order chi connectivity index (χ0) is 20.6. The van der Waals surface area contributed by atoms with Crippen molar-refractivity contribution >= 4 is 49.0 Å². The number of fused-ring (bicyclic) bond motifs is 2. The molecule has 0 fully saturated rings. The molecule has 152 valence electrons. The van der Waals surface area contributed by atoms with E-state index in [1.54, 1.807) is 40.4 Å². The van der Waals surface area contributed by atoms with Gasteiger partial charge >= 0.3 is 0 Å². The summed E-state index contributed by atoms with van der Waals surface area (Å²) in [6.45, 7) is 6.58. The van der Waals surface area contributed by atoms with Gasteiger partial charge in [0, 0.05) is 29.5 Å². The second-order valence-corrected chi connectivity index (χ2v) is 10.2. The minimum Gasteiger partial charge on any atom is -0.276 e. The Morgan fingerprint density at radius 3 is 2.66 bits per heavy atom. The van der Waals surface area contributed by atoms with E-state index in [2.05, 4.69) is 33.2 Å². The van der Waals surface area contributed by atoms with Crippen molar-refractivity contribution in [3.63, 3.8) is 0 Å². The molecule has 0 bridgehead atoms. The smallest absolute Gasteiger partial charge is 0.244 e. The number of rotatable bonds is 7. The molecule has 0 saturated heterocycles. The van der Waals surface area contributed by atoms with Gasteiger partial charge in [-0.2, -0.15) is 4.31 Å². The molecule has 4 aromatic rings. The molecule has 11 heteroatoms. The van der Waals surface area contributed by atoms with Crippen LogP contribution in [0.5, 0.6) is 0 Å². The fraction of sp³-hybridized carbons (Fsp3) is 0.333. The van der Waals surface area contributed by atoms with Crippen LogP contribution in [0.3, 0.4) is 0 Å². The lowest BCUT2D eigenvalue weighted by Crippen LogP contribution is -2.30. The number of aromatic nitrogens is 5. The van der Waals surface area contributed by atoms with Crippen LogP contribution in [0.4, 0.5) is 0 Å². The van der Waals surface area contributed by atoms with E-state index in [-0.39, 0.29) is 4.90 Å². The van der Waals surface area contributed by atoms with E-state index in [9.17, 15) is 8.42 Å². The summed E-state index contributed by atoms with van der Waals surface area (Å²) in [4.78, 5) is 11.1. The highest BCUT2D eigenvalue weighted by Gasteiger charge is 2.23. The predicted molar refractivity (Wildman–Crippen MR) is 114 cm³/mol. The molecule has 0 aromatic carbocycles. The highest BCUT2D eigenvalue weighted by Crippen LogP contribution is 2.34. The minimum absolute atomic E-state index is 0.215. The summed E-state index contributed by atoms with van der Waals surface area (Å²) in [6, 6.07) is 5.34. The van der Waals surface area contributed by atoms with Crippen molar-refractivity contribution in [1.82, 2.24) is 28.9 Å². The molecule has 0 radical (unpaired) electrons. The van der Waals surface area contributed by atoms with Gasteiger partial charge in [-0.15, -0.1) is 21.5 Å². The topological polar surface area (TPSA) is 93.4 Å². The Bertz CT molecular complexity index is 1280. The van der Waals surface area contributed by atoms with Gasteiger partial charge in [-0.1, -0.05) is 20.8 Å². The standard InChI is InChI=1S/C18H20N6O2S3/c1-4-12-9-14-16(27-12)19-11-20-17(14)28-18-22-21-15-8-7-13(10-24(15)18)29(25,26)23(5-2)6-3/h7-11H,4-6H2,1-3H3. The zero-order valence-corrected chi connectivity index (χ0v) is 18.7. The Hall–Kier alpha value is -2.08. The second-order valence-electron chi connectivity index (χ2n) is 6.23. The van der Waals surface area contributed by atoms with Crippen molar-refractivity contribution in [2.24, 2.45) is 0 Å². The Kier molecular flexibility index (Phi) is 5.56. The maximum absolute atomic E-state index is 12.9.